The van der Waals surface area contributed by atoms with E-state index in [4.69, 9.17) is 0 Å². The van der Waals surface area contributed by atoms with Gasteiger partial charge in [0, 0.05) is 30.1 Å². The van der Waals surface area contributed by atoms with Crippen LogP contribution in [0, 0.1) is 0 Å². The van der Waals surface area contributed by atoms with E-state index in [1.807, 2.05) is 17.5 Å². The van der Waals surface area contributed by atoms with E-state index in [1.165, 1.54) is 42.0 Å². The van der Waals surface area contributed by atoms with Gasteiger partial charge in [0.25, 0.3) is 0 Å². The first kappa shape index (κ1) is 12.6. The molecule has 1 aromatic rings. The van der Waals surface area contributed by atoms with Gasteiger partial charge in [0.05, 0.1) is 10.6 Å². The van der Waals surface area contributed by atoms with E-state index in [0.717, 1.165) is 31.8 Å². The smallest absolute Gasteiger partial charge is 0.0959 e. The zero-order valence-electron chi connectivity index (χ0n) is 10.8. The lowest BCUT2D eigenvalue weighted by Crippen LogP contribution is -2.41. The number of aromatic nitrogens is 1. The monoisotopic (exact) mass is 266 g/mol. The van der Waals surface area contributed by atoms with Crippen LogP contribution in [0.25, 0.3) is 0 Å². The van der Waals surface area contributed by atoms with Crippen molar-refractivity contribution in [2.75, 3.05) is 6.54 Å². The van der Waals surface area contributed by atoms with Crippen molar-refractivity contribution in [3.8, 4) is 0 Å². The van der Waals surface area contributed by atoms with Gasteiger partial charge < -0.3 is 10.4 Å². The second kappa shape index (κ2) is 5.27. The van der Waals surface area contributed by atoms with Gasteiger partial charge in [-0.2, -0.15) is 0 Å². The van der Waals surface area contributed by atoms with E-state index in [2.05, 4.69) is 10.3 Å². The van der Waals surface area contributed by atoms with Crippen molar-refractivity contribution in [1.82, 2.24) is 10.3 Å². The summed E-state index contributed by atoms with van der Waals surface area (Å²) >= 11 is 1.83. The second-order valence-electron chi connectivity index (χ2n) is 5.83. The van der Waals surface area contributed by atoms with Gasteiger partial charge in [0.15, 0.2) is 0 Å². The van der Waals surface area contributed by atoms with E-state index in [0.29, 0.717) is 0 Å². The molecule has 3 rings (SSSR count). The zero-order valence-corrected chi connectivity index (χ0v) is 11.6. The fraction of sp³-hybridized carbons (Fsp3) is 0.786. The molecule has 0 unspecified atom stereocenters. The fourth-order valence-corrected chi connectivity index (χ4v) is 3.78. The van der Waals surface area contributed by atoms with Crippen LogP contribution in [-0.2, 0) is 6.54 Å². The Kier molecular flexibility index (Phi) is 3.68. The maximum atomic E-state index is 10.4. The van der Waals surface area contributed by atoms with E-state index < -0.39 is 5.60 Å². The van der Waals surface area contributed by atoms with Crippen LogP contribution in [-0.4, -0.2) is 22.2 Å². The van der Waals surface area contributed by atoms with Crippen LogP contribution in [0.3, 0.4) is 0 Å². The van der Waals surface area contributed by atoms with E-state index in [9.17, 15) is 5.11 Å². The molecule has 2 fully saturated rings. The van der Waals surface area contributed by atoms with Gasteiger partial charge in [-0.15, -0.1) is 11.3 Å². The van der Waals surface area contributed by atoms with Crippen molar-refractivity contribution in [3.63, 3.8) is 0 Å². The molecule has 0 bridgehead atoms. The number of thiazole rings is 1. The number of hydrogen-bond donors (Lipinski definition) is 2. The molecule has 0 aromatic carbocycles. The fourth-order valence-electron chi connectivity index (χ4n) is 2.73. The van der Waals surface area contributed by atoms with E-state index >= 15 is 0 Å². The van der Waals surface area contributed by atoms with Gasteiger partial charge in [0.2, 0.25) is 0 Å². The van der Waals surface area contributed by atoms with E-state index in [1.54, 1.807) is 0 Å². The highest BCUT2D eigenvalue weighted by Gasteiger charge is 2.29. The molecule has 2 N–H and O–H groups in total. The SMILES string of the molecule is OC1(CNCc2cnc(C3CC3)s2)CCCCC1. The Bertz CT molecular complexity index is 394. The standard InChI is InChI=1S/C14H22N2OS/c17-14(6-2-1-3-7-14)10-15-8-12-9-16-13(18-12)11-4-5-11/h9,11,15,17H,1-8,10H2. The van der Waals surface area contributed by atoms with Gasteiger partial charge in [0.1, 0.15) is 0 Å². The van der Waals surface area contributed by atoms with Crippen LogP contribution < -0.4 is 5.32 Å². The Labute approximate surface area is 113 Å². The summed E-state index contributed by atoms with van der Waals surface area (Å²) in [4.78, 5) is 5.78. The summed E-state index contributed by atoms with van der Waals surface area (Å²) in [5.74, 6) is 0.756. The third-order valence-electron chi connectivity index (χ3n) is 4.04. The Morgan fingerprint density at radius 2 is 2.11 bits per heavy atom. The molecule has 0 amide bonds. The molecule has 0 aliphatic heterocycles. The van der Waals surface area contributed by atoms with Gasteiger partial charge in [-0.05, 0) is 25.7 Å². The first-order chi connectivity index (χ1) is 8.75. The normalized spacial score (nSPS) is 23.2. The Morgan fingerprint density at radius 3 is 2.83 bits per heavy atom. The van der Waals surface area contributed by atoms with Crippen molar-refractivity contribution in [1.29, 1.82) is 0 Å². The van der Waals surface area contributed by atoms with Crippen LogP contribution in [0.4, 0.5) is 0 Å². The van der Waals surface area contributed by atoms with Crippen LogP contribution in [0.5, 0.6) is 0 Å². The molecule has 0 radical (unpaired) electrons. The molecule has 100 valence electrons. The Morgan fingerprint density at radius 1 is 1.33 bits per heavy atom. The summed E-state index contributed by atoms with van der Waals surface area (Å²) in [7, 11) is 0. The summed E-state index contributed by atoms with van der Waals surface area (Å²) in [6.07, 6.45) is 10.2. The maximum absolute atomic E-state index is 10.4. The molecule has 0 saturated heterocycles. The highest BCUT2D eigenvalue weighted by atomic mass is 32.1. The second-order valence-corrected chi connectivity index (χ2v) is 6.97. The molecular weight excluding hydrogens is 244 g/mol. The third kappa shape index (κ3) is 3.11. The Balaban J connectivity index is 1.45. The van der Waals surface area contributed by atoms with Gasteiger partial charge in [-0.1, -0.05) is 19.3 Å². The third-order valence-corrected chi connectivity index (χ3v) is 5.20. The lowest BCUT2D eigenvalue weighted by Gasteiger charge is -2.32. The molecule has 2 aliphatic rings. The maximum Gasteiger partial charge on any atom is 0.0959 e. The molecule has 1 heterocycles. The molecule has 4 heteroatoms. The topological polar surface area (TPSA) is 45.1 Å². The minimum absolute atomic E-state index is 0.456. The lowest BCUT2D eigenvalue weighted by molar-refractivity contribution is 0.00472. The molecule has 3 nitrogen and oxygen atoms in total. The lowest BCUT2D eigenvalue weighted by atomic mass is 9.85. The average Bonchev–Trinajstić information content (AvgIpc) is 3.11. The molecular formula is C14H22N2OS. The van der Waals surface area contributed by atoms with Crippen molar-refractivity contribution in [3.05, 3.63) is 16.1 Å². The minimum Gasteiger partial charge on any atom is -0.389 e. The quantitative estimate of drug-likeness (QED) is 0.861. The predicted octanol–water partition coefficient (Wildman–Crippen LogP) is 2.81. The number of aliphatic hydroxyl groups is 1. The first-order valence-electron chi connectivity index (χ1n) is 7.13. The number of rotatable bonds is 5. The number of nitrogens with zero attached hydrogens (tertiary/aromatic N) is 1. The summed E-state index contributed by atoms with van der Waals surface area (Å²) in [6, 6.07) is 0. The molecule has 1 aromatic heterocycles. The number of hydrogen-bond acceptors (Lipinski definition) is 4. The highest BCUT2D eigenvalue weighted by Crippen LogP contribution is 2.41. The average molecular weight is 266 g/mol. The zero-order chi connectivity index (χ0) is 12.4. The summed E-state index contributed by atoms with van der Waals surface area (Å²) in [5.41, 5.74) is -0.456. The van der Waals surface area contributed by atoms with Crippen molar-refractivity contribution < 1.29 is 5.11 Å². The summed E-state index contributed by atoms with van der Waals surface area (Å²) in [6.45, 7) is 1.58. The molecule has 2 saturated carbocycles. The van der Waals surface area contributed by atoms with Crippen molar-refractivity contribution >= 4 is 11.3 Å². The van der Waals surface area contributed by atoms with Crippen molar-refractivity contribution in [2.45, 2.75) is 63.0 Å². The first-order valence-corrected chi connectivity index (χ1v) is 7.95. The van der Waals surface area contributed by atoms with Crippen LogP contribution in [0.2, 0.25) is 0 Å². The highest BCUT2D eigenvalue weighted by molar-refractivity contribution is 7.11. The van der Waals surface area contributed by atoms with Gasteiger partial charge in [-0.25, -0.2) is 4.98 Å². The van der Waals surface area contributed by atoms with Crippen LogP contribution in [0.1, 0.15) is 60.7 Å². The van der Waals surface area contributed by atoms with Gasteiger partial charge >= 0.3 is 0 Å². The summed E-state index contributed by atoms with van der Waals surface area (Å²) < 4.78 is 0. The van der Waals surface area contributed by atoms with Crippen LogP contribution in [0.15, 0.2) is 6.20 Å². The molecule has 0 spiro atoms. The predicted molar refractivity (Wildman–Crippen MR) is 73.8 cm³/mol. The molecule has 0 atom stereocenters. The van der Waals surface area contributed by atoms with Gasteiger partial charge in [-0.3, -0.25) is 0 Å². The van der Waals surface area contributed by atoms with Crippen molar-refractivity contribution in [2.24, 2.45) is 0 Å². The largest absolute Gasteiger partial charge is 0.389 e. The van der Waals surface area contributed by atoms with Crippen LogP contribution >= 0.6 is 11.3 Å². The molecule has 2 aliphatic carbocycles. The number of nitrogens with one attached hydrogen (secondary N) is 1. The summed E-state index contributed by atoms with van der Waals surface area (Å²) in [5, 5.41) is 15.1. The van der Waals surface area contributed by atoms with E-state index in [-0.39, 0.29) is 0 Å². The minimum atomic E-state index is -0.456. The Hall–Kier alpha value is -0.450. The molecule has 18 heavy (non-hydrogen) atoms.